The molecule has 3 aromatic heterocycles. The second-order valence-electron chi connectivity index (χ2n) is 7.11. The normalized spacial score (nSPS) is 10.9. The van der Waals surface area contributed by atoms with Crippen molar-refractivity contribution in [1.29, 1.82) is 5.26 Å². The summed E-state index contributed by atoms with van der Waals surface area (Å²) in [6, 6.07) is 11.5. The van der Waals surface area contributed by atoms with Crippen molar-refractivity contribution in [3.63, 3.8) is 0 Å². The Morgan fingerprint density at radius 3 is 2.70 bits per heavy atom. The van der Waals surface area contributed by atoms with Gasteiger partial charge < -0.3 is 13.9 Å². The molecule has 1 amide bonds. The number of rotatable bonds is 4. The van der Waals surface area contributed by atoms with Crippen molar-refractivity contribution in [1.82, 2.24) is 14.1 Å². The monoisotopic (exact) mass is 419 g/mol. The van der Waals surface area contributed by atoms with Crippen molar-refractivity contribution >= 4 is 34.2 Å². The Morgan fingerprint density at radius 1 is 1.23 bits per heavy atom. The van der Waals surface area contributed by atoms with E-state index in [4.69, 9.17) is 4.74 Å². The summed E-state index contributed by atoms with van der Waals surface area (Å²) < 4.78 is 9.07. The van der Waals surface area contributed by atoms with Crippen LogP contribution in [-0.4, -0.2) is 27.1 Å². The van der Waals surface area contributed by atoms with E-state index < -0.39 is 0 Å². The number of nitrogens with zero attached hydrogens (tertiary/aromatic N) is 4. The zero-order valence-corrected chi connectivity index (χ0v) is 18.2. The molecule has 0 aliphatic rings. The van der Waals surface area contributed by atoms with E-state index in [1.807, 2.05) is 67.3 Å². The third kappa shape index (κ3) is 3.13. The third-order valence-corrected chi connectivity index (χ3v) is 6.18. The van der Waals surface area contributed by atoms with E-state index in [2.05, 4.69) is 16.4 Å². The summed E-state index contributed by atoms with van der Waals surface area (Å²) in [6.45, 7) is 5.79. The molecule has 0 fully saturated rings. The fraction of sp³-hybridized carbons (Fsp3) is 0.227. The van der Waals surface area contributed by atoms with Gasteiger partial charge >= 0.3 is 0 Å². The molecule has 4 rings (SSSR count). The molecule has 8 heteroatoms. The van der Waals surface area contributed by atoms with Crippen LogP contribution in [0.1, 0.15) is 32.2 Å². The molecule has 0 saturated heterocycles. The Bertz CT molecular complexity index is 1340. The van der Waals surface area contributed by atoms with Gasteiger partial charge in [0.1, 0.15) is 16.8 Å². The highest BCUT2D eigenvalue weighted by atomic mass is 32.1. The minimum absolute atomic E-state index is 0.244. The highest BCUT2D eigenvalue weighted by Gasteiger charge is 2.21. The van der Waals surface area contributed by atoms with E-state index in [1.165, 1.54) is 11.3 Å². The molecular weight excluding hydrogens is 398 g/mol. The Morgan fingerprint density at radius 2 is 2.00 bits per heavy atom. The predicted molar refractivity (Wildman–Crippen MR) is 118 cm³/mol. The van der Waals surface area contributed by atoms with Crippen molar-refractivity contribution in [2.45, 2.75) is 20.8 Å². The molecule has 0 unspecified atom stereocenters. The Hall–Kier alpha value is -3.57. The number of hydrogen-bond donors (Lipinski definition) is 1. The second-order valence-corrected chi connectivity index (χ2v) is 8.35. The zero-order chi connectivity index (χ0) is 21.6. The molecule has 0 aliphatic heterocycles. The molecule has 0 saturated carbocycles. The van der Waals surface area contributed by atoms with Gasteiger partial charge in [-0.3, -0.25) is 10.1 Å². The van der Waals surface area contributed by atoms with Crippen molar-refractivity contribution in [2.24, 2.45) is 7.05 Å². The quantitative estimate of drug-likeness (QED) is 0.528. The van der Waals surface area contributed by atoms with Crippen molar-refractivity contribution < 1.29 is 9.53 Å². The number of aromatic nitrogens is 3. The molecule has 0 spiro atoms. The summed E-state index contributed by atoms with van der Waals surface area (Å²) in [7, 11) is 3.46. The smallest absolute Gasteiger partial charge is 0.259 e. The molecule has 0 aliphatic carbocycles. The lowest BCUT2D eigenvalue weighted by molar-refractivity contribution is 0.102. The van der Waals surface area contributed by atoms with E-state index in [9.17, 15) is 10.1 Å². The van der Waals surface area contributed by atoms with Gasteiger partial charge in [0.2, 0.25) is 5.95 Å². The van der Waals surface area contributed by atoms with Crippen LogP contribution in [-0.2, 0) is 7.05 Å². The number of carbonyl (C=O) groups excluding carboxylic acids is 1. The van der Waals surface area contributed by atoms with Gasteiger partial charge in [-0.25, -0.2) is 4.98 Å². The zero-order valence-electron chi connectivity index (χ0n) is 17.4. The number of hydrogen-bond acceptors (Lipinski definition) is 5. The van der Waals surface area contributed by atoms with Crippen LogP contribution in [0.5, 0.6) is 5.75 Å². The molecule has 30 heavy (non-hydrogen) atoms. The van der Waals surface area contributed by atoms with Crippen molar-refractivity contribution in [3.8, 4) is 16.8 Å². The van der Waals surface area contributed by atoms with Crippen LogP contribution in [0.3, 0.4) is 0 Å². The highest BCUT2D eigenvalue weighted by molar-refractivity contribution is 7.14. The van der Waals surface area contributed by atoms with Crippen LogP contribution < -0.4 is 10.1 Å². The summed E-state index contributed by atoms with van der Waals surface area (Å²) in [5.74, 6) is 0.940. The highest BCUT2D eigenvalue weighted by Crippen LogP contribution is 2.30. The van der Waals surface area contributed by atoms with Gasteiger partial charge in [0.05, 0.1) is 29.3 Å². The number of thiophene rings is 1. The maximum atomic E-state index is 13.1. The summed E-state index contributed by atoms with van der Waals surface area (Å²) in [6.07, 6.45) is 0. The Labute approximate surface area is 178 Å². The molecule has 0 bridgehead atoms. The number of aryl methyl sites for hydroxylation is 3. The van der Waals surface area contributed by atoms with Gasteiger partial charge in [-0.2, -0.15) is 5.26 Å². The fourth-order valence-electron chi connectivity index (χ4n) is 3.63. The first-order valence-electron chi connectivity index (χ1n) is 9.35. The molecule has 152 valence electrons. The van der Waals surface area contributed by atoms with E-state index in [0.29, 0.717) is 17.1 Å². The minimum atomic E-state index is -0.244. The van der Waals surface area contributed by atoms with Crippen LogP contribution in [0.2, 0.25) is 0 Å². The summed E-state index contributed by atoms with van der Waals surface area (Å²) in [5, 5.41) is 13.2. The SMILES string of the molecule is COc1ccc2nc(NC(=O)c3cc(C)n(-c4sc(C)cc4C#N)c3C)n(C)c2c1. The predicted octanol–water partition coefficient (Wildman–Crippen LogP) is 4.48. The fourth-order valence-corrected chi connectivity index (χ4v) is 4.70. The number of anilines is 1. The first-order valence-corrected chi connectivity index (χ1v) is 10.2. The molecule has 0 radical (unpaired) electrons. The molecule has 1 N–H and O–H groups in total. The number of fused-ring (bicyclic) bond motifs is 1. The average Bonchev–Trinajstić information content (AvgIpc) is 3.34. The number of carbonyl (C=O) groups is 1. The number of nitriles is 1. The maximum absolute atomic E-state index is 13.1. The molecule has 4 aromatic rings. The largest absolute Gasteiger partial charge is 0.497 e. The maximum Gasteiger partial charge on any atom is 0.259 e. The minimum Gasteiger partial charge on any atom is -0.497 e. The molecule has 3 heterocycles. The van der Waals surface area contributed by atoms with Gasteiger partial charge in [-0.1, -0.05) is 0 Å². The lowest BCUT2D eigenvalue weighted by Gasteiger charge is -2.08. The number of imidazole rings is 1. The summed E-state index contributed by atoms with van der Waals surface area (Å²) in [5.41, 5.74) is 4.46. The van der Waals surface area contributed by atoms with Gasteiger partial charge in [0, 0.05) is 29.4 Å². The first kappa shape index (κ1) is 19.7. The molecule has 0 atom stereocenters. The first-order chi connectivity index (χ1) is 14.3. The summed E-state index contributed by atoms with van der Waals surface area (Å²) >= 11 is 1.54. The Balaban J connectivity index is 1.71. The van der Waals surface area contributed by atoms with Crippen LogP contribution in [0.4, 0.5) is 5.95 Å². The van der Waals surface area contributed by atoms with E-state index in [1.54, 1.807) is 7.11 Å². The van der Waals surface area contributed by atoms with E-state index >= 15 is 0 Å². The topological polar surface area (TPSA) is 84.9 Å². The number of nitrogens with one attached hydrogen (secondary N) is 1. The van der Waals surface area contributed by atoms with Crippen molar-refractivity contribution in [2.75, 3.05) is 12.4 Å². The van der Waals surface area contributed by atoms with Crippen LogP contribution >= 0.6 is 11.3 Å². The standard InChI is InChI=1S/C22H21N5O2S/c1-12-8-17(14(3)27(12)21-15(11-23)9-13(2)30-21)20(28)25-22-24-18-7-6-16(29-5)10-19(18)26(22)4/h6-10H,1-5H3,(H,24,25,28). The third-order valence-electron chi connectivity index (χ3n) is 5.15. The number of benzene rings is 1. The van der Waals surface area contributed by atoms with Crippen molar-refractivity contribution in [3.05, 3.63) is 57.7 Å². The molecule has 1 aromatic carbocycles. The number of methoxy groups -OCH3 is 1. The molecular formula is C22H21N5O2S. The van der Waals surface area contributed by atoms with Gasteiger partial charge in [-0.15, -0.1) is 11.3 Å². The Kier molecular flexibility index (Phi) is 4.84. The second kappa shape index (κ2) is 7.35. The van der Waals surface area contributed by atoms with Gasteiger partial charge in [0.15, 0.2) is 0 Å². The van der Waals surface area contributed by atoms with E-state index in [0.717, 1.165) is 38.0 Å². The molecule has 7 nitrogen and oxygen atoms in total. The number of ether oxygens (including phenoxy) is 1. The van der Waals surface area contributed by atoms with Gasteiger partial charge in [0.25, 0.3) is 5.91 Å². The van der Waals surface area contributed by atoms with E-state index in [-0.39, 0.29) is 5.91 Å². The average molecular weight is 420 g/mol. The van der Waals surface area contributed by atoms with Crippen LogP contribution in [0, 0.1) is 32.1 Å². The number of amides is 1. The van der Waals surface area contributed by atoms with Crippen LogP contribution in [0.25, 0.3) is 16.0 Å². The lowest BCUT2D eigenvalue weighted by Crippen LogP contribution is -2.16. The lowest BCUT2D eigenvalue weighted by atomic mass is 10.2. The van der Waals surface area contributed by atoms with Crippen LogP contribution in [0.15, 0.2) is 30.3 Å². The van der Waals surface area contributed by atoms with Gasteiger partial charge in [-0.05, 0) is 45.0 Å². The summed E-state index contributed by atoms with van der Waals surface area (Å²) in [4.78, 5) is 18.7.